The molecule has 0 unspecified atom stereocenters. The Labute approximate surface area is 156 Å². The van der Waals surface area contributed by atoms with Gasteiger partial charge < -0.3 is 0 Å². The first kappa shape index (κ1) is 19.7. The number of allylic oxidation sites excluding steroid dienone is 3. The number of unbranched alkanes of at least 4 members (excludes halogenated alkanes) is 1. The van der Waals surface area contributed by atoms with Gasteiger partial charge in [-0.3, -0.25) is 0 Å². The summed E-state index contributed by atoms with van der Waals surface area (Å²) in [7, 11) is -2.00. The predicted octanol–water partition coefficient (Wildman–Crippen LogP) is 7.26. The van der Waals surface area contributed by atoms with Crippen LogP contribution in [0.25, 0.3) is 5.20 Å². The van der Waals surface area contributed by atoms with Crippen LogP contribution in [0.5, 0.6) is 0 Å². The first-order chi connectivity index (χ1) is 11.8. The van der Waals surface area contributed by atoms with Crippen molar-refractivity contribution in [2.24, 2.45) is 0 Å². The molecule has 2 rings (SSSR count). The minimum atomic E-state index is -2.00. The highest BCUT2D eigenvalue weighted by atomic mass is 28.3. The van der Waals surface area contributed by atoms with Crippen LogP contribution in [0.2, 0.25) is 0 Å². The van der Waals surface area contributed by atoms with Gasteiger partial charge in [0.05, 0.1) is 0 Å². The normalized spacial score (nSPS) is 16.8. The molecule has 0 saturated carbocycles. The Balaban J connectivity index is 2.50. The van der Waals surface area contributed by atoms with Crippen molar-refractivity contribution in [1.29, 1.82) is 0 Å². The number of hydrogen-bond acceptors (Lipinski definition) is 0. The van der Waals surface area contributed by atoms with Gasteiger partial charge in [0.25, 0.3) is 0 Å². The lowest BCUT2D eigenvalue weighted by atomic mass is 9.86. The van der Waals surface area contributed by atoms with Crippen molar-refractivity contribution in [3.05, 3.63) is 76.8 Å². The summed E-state index contributed by atoms with van der Waals surface area (Å²) in [6.07, 6.45) is 7.21. The molecule has 134 valence electrons. The zero-order valence-corrected chi connectivity index (χ0v) is 17.8. The third kappa shape index (κ3) is 3.67. The molecular formula is C24H34Si. The van der Waals surface area contributed by atoms with E-state index in [1.54, 1.807) is 5.20 Å². The maximum atomic E-state index is 4.26. The smallest absolute Gasteiger partial charge is 0.106 e. The minimum Gasteiger partial charge on any atom is -0.106 e. The van der Waals surface area contributed by atoms with Crippen LogP contribution >= 0.6 is 0 Å². The molecule has 0 fully saturated rings. The molecule has 0 radical (unpaired) electrons. The summed E-state index contributed by atoms with van der Waals surface area (Å²) < 4.78 is 0. The fraction of sp³-hybridized carbons (Fsp3) is 0.417. The second-order valence-electron chi connectivity index (χ2n) is 8.12. The average molecular weight is 351 g/mol. The lowest BCUT2D eigenvalue weighted by molar-refractivity contribution is 0.590. The molecule has 0 aliphatic carbocycles. The first-order valence-electron chi connectivity index (χ1n) is 9.66. The Hall–Kier alpha value is -1.60. The van der Waals surface area contributed by atoms with Gasteiger partial charge in [0.15, 0.2) is 8.07 Å². The van der Waals surface area contributed by atoms with Gasteiger partial charge in [-0.25, -0.2) is 0 Å². The molecule has 0 saturated heterocycles. The minimum absolute atomic E-state index is 0.188. The van der Waals surface area contributed by atoms with Crippen molar-refractivity contribution >= 4 is 13.3 Å². The molecule has 1 aliphatic rings. The number of rotatable bonds is 7. The summed E-state index contributed by atoms with van der Waals surface area (Å²) >= 11 is 0. The van der Waals surface area contributed by atoms with E-state index in [0.717, 1.165) is 6.42 Å². The highest BCUT2D eigenvalue weighted by Crippen LogP contribution is 2.44. The molecule has 1 aliphatic heterocycles. The van der Waals surface area contributed by atoms with E-state index in [4.69, 9.17) is 0 Å². The molecule has 1 aromatic carbocycles. The van der Waals surface area contributed by atoms with Gasteiger partial charge in [0, 0.05) is 0 Å². The monoisotopic (exact) mass is 350 g/mol. The Morgan fingerprint density at radius 2 is 1.60 bits per heavy atom. The maximum Gasteiger partial charge on any atom is 0.160 e. The van der Waals surface area contributed by atoms with Crippen molar-refractivity contribution in [2.75, 3.05) is 0 Å². The molecule has 0 amide bonds. The highest BCUT2D eigenvalue weighted by Gasteiger charge is 2.40. The molecule has 0 atom stereocenters. The van der Waals surface area contributed by atoms with E-state index >= 15 is 0 Å². The Bertz CT molecular complexity index is 685. The van der Waals surface area contributed by atoms with Crippen molar-refractivity contribution in [3.8, 4) is 0 Å². The van der Waals surface area contributed by atoms with E-state index in [2.05, 4.69) is 89.5 Å². The van der Waals surface area contributed by atoms with E-state index in [1.807, 2.05) is 0 Å². The Morgan fingerprint density at radius 3 is 2.04 bits per heavy atom. The van der Waals surface area contributed by atoms with E-state index in [0.29, 0.717) is 0 Å². The summed E-state index contributed by atoms with van der Waals surface area (Å²) in [6.45, 7) is 19.9. The van der Waals surface area contributed by atoms with Crippen LogP contribution in [0.3, 0.4) is 0 Å². The summed E-state index contributed by atoms with van der Waals surface area (Å²) in [4.78, 5) is 0. The molecule has 1 aromatic rings. The summed E-state index contributed by atoms with van der Waals surface area (Å²) in [5.41, 5.74) is 8.91. The number of hydrogen-bond donors (Lipinski definition) is 0. The van der Waals surface area contributed by atoms with E-state index in [1.165, 1.54) is 41.2 Å². The molecule has 0 bridgehead atoms. The predicted molar refractivity (Wildman–Crippen MR) is 116 cm³/mol. The second-order valence-corrected chi connectivity index (χ2v) is 11.8. The van der Waals surface area contributed by atoms with Crippen LogP contribution in [0.4, 0.5) is 0 Å². The van der Waals surface area contributed by atoms with Gasteiger partial charge in [0.1, 0.15) is 0 Å². The van der Waals surface area contributed by atoms with Crippen LogP contribution in [-0.2, 0) is 5.41 Å². The standard InChI is InChI=1S/C24H34Si/c1-8-12-13-22-19(9-2)18-23(25(22,10-3)11-4)20-14-16-21(17-15-20)24(5,6)7/h10-11,14-18H,3-4,8-9,12-13H2,1-2,5-7H3. The van der Waals surface area contributed by atoms with Gasteiger partial charge in [-0.05, 0) is 34.6 Å². The van der Waals surface area contributed by atoms with Crippen molar-refractivity contribution in [3.63, 3.8) is 0 Å². The lowest BCUT2D eigenvalue weighted by Crippen LogP contribution is -2.33. The summed E-state index contributed by atoms with van der Waals surface area (Å²) in [6, 6.07) is 9.18. The van der Waals surface area contributed by atoms with Crippen LogP contribution in [0, 0.1) is 0 Å². The summed E-state index contributed by atoms with van der Waals surface area (Å²) in [5.74, 6) is 0. The van der Waals surface area contributed by atoms with Gasteiger partial charge in [-0.1, -0.05) is 100.0 Å². The Morgan fingerprint density at radius 1 is 1.00 bits per heavy atom. The highest BCUT2D eigenvalue weighted by molar-refractivity contribution is 7.10. The average Bonchev–Trinajstić information content (AvgIpc) is 2.93. The van der Waals surface area contributed by atoms with Crippen LogP contribution < -0.4 is 0 Å². The lowest BCUT2D eigenvalue weighted by Gasteiger charge is -2.28. The van der Waals surface area contributed by atoms with Gasteiger partial charge in [-0.15, -0.1) is 13.2 Å². The van der Waals surface area contributed by atoms with E-state index in [9.17, 15) is 0 Å². The first-order valence-corrected chi connectivity index (χ1v) is 11.8. The van der Waals surface area contributed by atoms with Crippen molar-refractivity contribution in [2.45, 2.75) is 65.7 Å². The van der Waals surface area contributed by atoms with Gasteiger partial charge in [-0.2, -0.15) is 0 Å². The fourth-order valence-corrected chi connectivity index (χ4v) is 7.72. The third-order valence-electron chi connectivity index (χ3n) is 5.52. The second kappa shape index (κ2) is 7.74. The molecular weight excluding hydrogens is 316 g/mol. The van der Waals surface area contributed by atoms with Gasteiger partial charge in [0.2, 0.25) is 0 Å². The van der Waals surface area contributed by atoms with Gasteiger partial charge >= 0.3 is 0 Å². The molecule has 0 nitrogen and oxygen atoms in total. The SMILES string of the molecule is C=C[Si]1(C=C)C(c2ccc(C(C)(C)C)cc2)=CC(CC)=C1CCCC. The Kier molecular flexibility index (Phi) is 6.10. The zero-order chi connectivity index (χ0) is 18.7. The fourth-order valence-electron chi connectivity index (χ4n) is 3.87. The van der Waals surface area contributed by atoms with Crippen molar-refractivity contribution < 1.29 is 0 Å². The molecule has 0 spiro atoms. The van der Waals surface area contributed by atoms with E-state index in [-0.39, 0.29) is 5.41 Å². The van der Waals surface area contributed by atoms with E-state index < -0.39 is 8.07 Å². The van der Waals surface area contributed by atoms with Crippen molar-refractivity contribution in [1.82, 2.24) is 0 Å². The summed E-state index contributed by atoms with van der Waals surface area (Å²) in [5, 5.41) is 3.11. The molecule has 1 heterocycles. The molecule has 25 heavy (non-hydrogen) atoms. The number of benzene rings is 1. The van der Waals surface area contributed by atoms with Crippen LogP contribution in [0.15, 0.2) is 65.7 Å². The largest absolute Gasteiger partial charge is 0.160 e. The quantitative estimate of drug-likeness (QED) is 0.454. The third-order valence-corrected chi connectivity index (χ3v) is 9.70. The zero-order valence-electron chi connectivity index (χ0n) is 16.8. The molecule has 0 aromatic heterocycles. The maximum absolute atomic E-state index is 4.26. The van der Waals surface area contributed by atoms with Crippen LogP contribution in [0.1, 0.15) is 71.4 Å². The molecule has 1 heteroatoms. The van der Waals surface area contributed by atoms with Crippen LogP contribution in [-0.4, -0.2) is 8.07 Å². The molecule has 0 N–H and O–H groups in total. The topological polar surface area (TPSA) is 0 Å².